The normalized spacial score (nSPS) is 11.7. The molecular formula is C31H36F3NO4. The molecule has 0 aliphatic carbocycles. The molecule has 5 nitrogen and oxygen atoms in total. The summed E-state index contributed by atoms with van der Waals surface area (Å²) < 4.78 is 53.3. The third-order valence-corrected chi connectivity index (χ3v) is 6.08. The molecule has 0 heterocycles. The highest BCUT2D eigenvalue weighted by molar-refractivity contribution is 5.79. The van der Waals surface area contributed by atoms with E-state index in [1.807, 2.05) is 47.4 Å². The quantitative estimate of drug-likeness (QED) is 0.227. The van der Waals surface area contributed by atoms with Crippen molar-refractivity contribution in [2.45, 2.75) is 59.2 Å². The second-order valence-corrected chi connectivity index (χ2v) is 10.2. The van der Waals surface area contributed by atoms with Gasteiger partial charge in [0, 0.05) is 6.54 Å². The van der Waals surface area contributed by atoms with E-state index in [0.717, 1.165) is 18.4 Å². The number of nitrogens with zero attached hydrogens (tertiary/aromatic N) is 1. The van der Waals surface area contributed by atoms with Gasteiger partial charge in [-0.15, -0.1) is 13.2 Å². The maximum atomic E-state index is 12.6. The van der Waals surface area contributed by atoms with Crippen LogP contribution in [-0.2, 0) is 14.9 Å². The number of esters is 1. The van der Waals surface area contributed by atoms with Gasteiger partial charge in [-0.05, 0) is 71.8 Å². The summed E-state index contributed by atoms with van der Waals surface area (Å²) in [5, 5.41) is 0. The zero-order chi connectivity index (χ0) is 28.6. The van der Waals surface area contributed by atoms with Crippen molar-refractivity contribution >= 4 is 11.7 Å². The minimum Gasteiger partial charge on any atom is -0.465 e. The molecule has 0 aliphatic rings. The Balaban J connectivity index is 2.01. The monoisotopic (exact) mass is 543 g/mol. The van der Waals surface area contributed by atoms with Crippen LogP contribution < -0.4 is 14.4 Å². The van der Waals surface area contributed by atoms with Gasteiger partial charge in [-0.3, -0.25) is 4.79 Å². The van der Waals surface area contributed by atoms with Crippen molar-refractivity contribution in [3.63, 3.8) is 0 Å². The summed E-state index contributed by atoms with van der Waals surface area (Å²) in [7, 11) is 0. The van der Waals surface area contributed by atoms with Gasteiger partial charge in [0.25, 0.3) is 0 Å². The molecule has 0 atom stereocenters. The Hall–Kier alpha value is -3.68. The summed E-state index contributed by atoms with van der Waals surface area (Å²) in [5.74, 6) is 0.557. The molecule has 210 valence electrons. The first-order chi connectivity index (χ1) is 18.4. The molecule has 0 unspecified atom stereocenters. The fourth-order valence-corrected chi connectivity index (χ4v) is 4.03. The van der Waals surface area contributed by atoms with Crippen molar-refractivity contribution in [3.05, 3.63) is 72.3 Å². The van der Waals surface area contributed by atoms with Crippen LogP contribution in [-0.4, -0.2) is 32.0 Å². The SMILES string of the molecule is CCCCN(CC(=O)OCC)c1cc(-c2ccc(OC(F)(F)F)cc2)ccc1Oc1ccc(C(C)(C)C)cc1. The molecule has 0 aliphatic heterocycles. The van der Waals surface area contributed by atoms with E-state index in [0.29, 0.717) is 29.3 Å². The lowest BCUT2D eigenvalue weighted by molar-refractivity contribution is -0.274. The van der Waals surface area contributed by atoms with E-state index in [9.17, 15) is 18.0 Å². The molecule has 8 heteroatoms. The van der Waals surface area contributed by atoms with Gasteiger partial charge < -0.3 is 19.1 Å². The summed E-state index contributed by atoms with van der Waals surface area (Å²) in [6, 6.07) is 19.1. The van der Waals surface area contributed by atoms with Gasteiger partial charge in [-0.25, -0.2) is 0 Å². The van der Waals surface area contributed by atoms with E-state index in [1.165, 1.54) is 17.7 Å². The lowest BCUT2D eigenvalue weighted by atomic mass is 9.87. The van der Waals surface area contributed by atoms with Crippen LogP contribution in [0.4, 0.5) is 18.9 Å². The summed E-state index contributed by atoms with van der Waals surface area (Å²) in [4.78, 5) is 14.4. The molecule has 0 amide bonds. The Morgan fingerprint density at radius 3 is 2.03 bits per heavy atom. The smallest absolute Gasteiger partial charge is 0.465 e. The first-order valence-corrected chi connectivity index (χ1v) is 13.1. The standard InChI is InChI=1S/C31H36F3NO4/c1-6-8-19-35(21-29(36)37-7-2)27-20-23(22-9-14-26(15-10-22)39-31(32,33)34)11-18-28(27)38-25-16-12-24(13-17-25)30(3,4)5/h9-18,20H,6-8,19,21H2,1-5H3. The first kappa shape index (κ1) is 29.9. The second-order valence-electron chi connectivity index (χ2n) is 10.2. The number of anilines is 1. The van der Waals surface area contributed by atoms with Gasteiger partial charge in [0.2, 0.25) is 0 Å². The highest BCUT2D eigenvalue weighted by Crippen LogP contribution is 2.38. The third kappa shape index (κ3) is 8.94. The molecule has 0 saturated carbocycles. The minimum absolute atomic E-state index is 0.00260. The molecule has 3 rings (SSSR count). The molecule has 0 aromatic heterocycles. The van der Waals surface area contributed by atoms with Gasteiger partial charge in [-0.1, -0.05) is 64.4 Å². The third-order valence-electron chi connectivity index (χ3n) is 6.08. The highest BCUT2D eigenvalue weighted by Gasteiger charge is 2.31. The van der Waals surface area contributed by atoms with Crippen LogP contribution in [0.15, 0.2) is 66.7 Å². The van der Waals surface area contributed by atoms with E-state index < -0.39 is 6.36 Å². The van der Waals surface area contributed by atoms with E-state index in [2.05, 4.69) is 32.4 Å². The Bertz CT molecular complexity index is 1220. The summed E-state index contributed by atoms with van der Waals surface area (Å²) in [6.45, 7) is 11.2. The zero-order valence-electron chi connectivity index (χ0n) is 23.1. The molecule has 3 aromatic carbocycles. The van der Waals surface area contributed by atoms with Gasteiger partial charge in [0.15, 0.2) is 5.75 Å². The van der Waals surface area contributed by atoms with Crippen molar-refractivity contribution in [2.75, 3.05) is 24.6 Å². The summed E-state index contributed by atoms with van der Waals surface area (Å²) in [5.41, 5.74) is 3.31. The Kier molecular flexibility index (Phi) is 9.89. The van der Waals surface area contributed by atoms with E-state index in [4.69, 9.17) is 9.47 Å². The van der Waals surface area contributed by atoms with Crippen molar-refractivity contribution < 1.29 is 32.2 Å². The van der Waals surface area contributed by atoms with Crippen molar-refractivity contribution in [2.24, 2.45) is 0 Å². The fraction of sp³-hybridized carbons (Fsp3) is 0.387. The Morgan fingerprint density at radius 2 is 1.46 bits per heavy atom. The van der Waals surface area contributed by atoms with Crippen molar-refractivity contribution in [3.8, 4) is 28.4 Å². The average Bonchev–Trinajstić information content (AvgIpc) is 2.86. The molecular weight excluding hydrogens is 507 g/mol. The van der Waals surface area contributed by atoms with Gasteiger partial charge in [0.05, 0.1) is 12.3 Å². The molecule has 0 N–H and O–H groups in total. The van der Waals surface area contributed by atoms with Gasteiger partial charge >= 0.3 is 12.3 Å². The number of halogens is 3. The zero-order valence-corrected chi connectivity index (χ0v) is 23.1. The Morgan fingerprint density at radius 1 is 0.846 bits per heavy atom. The summed E-state index contributed by atoms with van der Waals surface area (Å²) >= 11 is 0. The van der Waals surface area contributed by atoms with Crippen LogP contribution in [0.2, 0.25) is 0 Å². The Labute approximate surface area is 228 Å². The summed E-state index contributed by atoms with van der Waals surface area (Å²) in [6.07, 6.45) is -3.00. The van der Waals surface area contributed by atoms with Crippen LogP contribution in [0.1, 0.15) is 53.0 Å². The van der Waals surface area contributed by atoms with Crippen LogP contribution in [0.5, 0.6) is 17.2 Å². The maximum Gasteiger partial charge on any atom is 0.573 e. The van der Waals surface area contributed by atoms with Crippen LogP contribution in [0.3, 0.4) is 0 Å². The minimum atomic E-state index is -4.76. The molecule has 0 fully saturated rings. The predicted octanol–water partition coefficient (Wildman–Crippen LogP) is 8.51. The lowest BCUT2D eigenvalue weighted by Crippen LogP contribution is -2.32. The number of rotatable bonds is 11. The number of hydrogen-bond acceptors (Lipinski definition) is 5. The predicted molar refractivity (Wildman–Crippen MR) is 148 cm³/mol. The molecule has 0 radical (unpaired) electrons. The van der Waals surface area contributed by atoms with Gasteiger partial charge in [0.1, 0.15) is 18.0 Å². The van der Waals surface area contributed by atoms with Crippen LogP contribution in [0.25, 0.3) is 11.1 Å². The number of ether oxygens (including phenoxy) is 3. The van der Waals surface area contributed by atoms with Crippen molar-refractivity contribution in [1.82, 2.24) is 0 Å². The largest absolute Gasteiger partial charge is 0.573 e. The fourth-order valence-electron chi connectivity index (χ4n) is 4.03. The number of benzene rings is 3. The number of hydrogen-bond donors (Lipinski definition) is 0. The van der Waals surface area contributed by atoms with E-state index in [-0.39, 0.29) is 30.3 Å². The number of unbranched alkanes of at least 4 members (excludes halogenated alkanes) is 1. The maximum absolute atomic E-state index is 12.6. The lowest BCUT2D eigenvalue weighted by Gasteiger charge is -2.27. The van der Waals surface area contributed by atoms with Crippen LogP contribution in [0, 0.1) is 0 Å². The molecule has 3 aromatic rings. The topological polar surface area (TPSA) is 48.0 Å². The second kappa shape index (κ2) is 12.9. The molecule has 0 bridgehead atoms. The van der Waals surface area contributed by atoms with E-state index in [1.54, 1.807) is 19.1 Å². The van der Waals surface area contributed by atoms with Gasteiger partial charge in [-0.2, -0.15) is 0 Å². The van der Waals surface area contributed by atoms with Crippen LogP contribution >= 0.6 is 0 Å². The van der Waals surface area contributed by atoms with E-state index >= 15 is 0 Å². The molecule has 0 saturated heterocycles. The number of alkyl halides is 3. The average molecular weight is 544 g/mol. The molecule has 39 heavy (non-hydrogen) atoms. The highest BCUT2D eigenvalue weighted by atomic mass is 19.4. The first-order valence-electron chi connectivity index (χ1n) is 13.1. The molecule has 0 spiro atoms. The number of carbonyl (C=O) groups excluding carboxylic acids is 1. The van der Waals surface area contributed by atoms with Crippen molar-refractivity contribution in [1.29, 1.82) is 0 Å². The number of carbonyl (C=O) groups is 1.